The predicted octanol–water partition coefficient (Wildman–Crippen LogP) is 4.77. The van der Waals surface area contributed by atoms with Crippen molar-refractivity contribution in [2.45, 2.75) is 26.7 Å². The molecule has 4 heteroatoms. The first-order chi connectivity index (χ1) is 11.6. The lowest BCUT2D eigenvalue weighted by Gasteiger charge is -2.18. The normalized spacial score (nSPS) is 10.4. The van der Waals surface area contributed by atoms with Crippen molar-refractivity contribution in [3.05, 3.63) is 35.4 Å². The first kappa shape index (κ1) is 18.0. The Morgan fingerprint density at radius 3 is 1.92 bits per heavy atom. The van der Waals surface area contributed by atoms with E-state index in [9.17, 15) is 0 Å². The van der Waals surface area contributed by atoms with Gasteiger partial charge >= 0.3 is 0 Å². The van der Waals surface area contributed by atoms with Crippen LogP contribution in [0.2, 0.25) is 0 Å². The van der Waals surface area contributed by atoms with Crippen LogP contribution in [0, 0.1) is 0 Å². The van der Waals surface area contributed by atoms with Crippen LogP contribution in [0.15, 0.2) is 29.8 Å². The first-order valence-electron chi connectivity index (χ1n) is 7.99. The third kappa shape index (κ3) is 3.42. The largest absolute Gasteiger partial charge is 0.496 e. The number of benzene rings is 2. The van der Waals surface area contributed by atoms with Gasteiger partial charge in [0.15, 0.2) is 0 Å². The molecule has 0 heterocycles. The highest BCUT2D eigenvalue weighted by Gasteiger charge is 2.20. The molecule has 0 spiro atoms. The molecule has 0 radical (unpaired) electrons. The third-order valence-electron chi connectivity index (χ3n) is 4.03. The van der Waals surface area contributed by atoms with Crippen LogP contribution < -0.4 is 18.9 Å². The summed E-state index contributed by atoms with van der Waals surface area (Å²) in [6, 6.07) is 5.80. The van der Waals surface area contributed by atoms with Gasteiger partial charge in [-0.3, -0.25) is 0 Å². The third-order valence-corrected chi connectivity index (χ3v) is 4.03. The van der Waals surface area contributed by atoms with Gasteiger partial charge in [-0.2, -0.15) is 0 Å². The summed E-state index contributed by atoms with van der Waals surface area (Å²) in [7, 11) is 6.66. The summed E-state index contributed by atoms with van der Waals surface area (Å²) < 4.78 is 22.5. The fourth-order valence-electron chi connectivity index (χ4n) is 2.93. The van der Waals surface area contributed by atoms with Crippen LogP contribution in [0.25, 0.3) is 10.8 Å². The molecule has 2 aromatic carbocycles. The fourth-order valence-corrected chi connectivity index (χ4v) is 2.93. The Morgan fingerprint density at radius 2 is 1.42 bits per heavy atom. The quantitative estimate of drug-likeness (QED) is 0.685. The number of hydrogen-bond acceptors (Lipinski definition) is 4. The van der Waals surface area contributed by atoms with E-state index in [1.807, 2.05) is 18.2 Å². The van der Waals surface area contributed by atoms with Crippen molar-refractivity contribution in [2.75, 3.05) is 28.4 Å². The number of rotatable bonds is 7. The summed E-state index contributed by atoms with van der Waals surface area (Å²) in [6.45, 7) is 4.21. The molecule has 0 aromatic heterocycles. The van der Waals surface area contributed by atoms with Gasteiger partial charge in [-0.1, -0.05) is 11.6 Å². The molecule has 24 heavy (non-hydrogen) atoms. The summed E-state index contributed by atoms with van der Waals surface area (Å²) in [5.74, 6) is 3.04. The summed E-state index contributed by atoms with van der Waals surface area (Å²) in [4.78, 5) is 0. The Hall–Kier alpha value is -2.36. The van der Waals surface area contributed by atoms with E-state index in [0.717, 1.165) is 52.2 Å². The van der Waals surface area contributed by atoms with E-state index >= 15 is 0 Å². The van der Waals surface area contributed by atoms with Crippen LogP contribution in [0.5, 0.6) is 23.0 Å². The molecule has 2 aromatic rings. The van der Waals surface area contributed by atoms with E-state index in [-0.39, 0.29) is 0 Å². The van der Waals surface area contributed by atoms with Crippen LogP contribution in [0.1, 0.15) is 25.8 Å². The van der Waals surface area contributed by atoms with Crippen molar-refractivity contribution in [2.24, 2.45) is 0 Å². The second-order valence-electron chi connectivity index (χ2n) is 5.81. The molecule has 0 aliphatic heterocycles. The lowest BCUT2D eigenvalue weighted by atomic mass is 9.99. The van der Waals surface area contributed by atoms with E-state index in [1.54, 1.807) is 28.4 Å². The van der Waals surface area contributed by atoms with E-state index in [1.165, 1.54) is 5.57 Å². The lowest BCUT2D eigenvalue weighted by Crippen LogP contribution is -1.99. The molecule has 0 saturated heterocycles. The Balaban J connectivity index is 2.74. The van der Waals surface area contributed by atoms with Crippen molar-refractivity contribution in [1.82, 2.24) is 0 Å². The molecule has 0 unspecified atom stereocenters. The summed E-state index contributed by atoms with van der Waals surface area (Å²) in [5, 5.41) is 1.74. The molecule has 0 aliphatic rings. The molecule has 0 amide bonds. The van der Waals surface area contributed by atoms with E-state index in [2.05, 4.69) is 19.9 Å². The van der Waals surface area contributed by atoms with Crippen LogP contribution in [0.3, 0.4) is 0 Å². The number of allylic oxidation sites excluding steroid dienone is 2. The molecule has 4 nitrogen and oxygen atoms in total. The Labute approximate surface area is 144 Å². The Morgan fingerprint density at radius 1 is 0.833 bits per heavy atom. The summed E-state index contributed by atoms with van der Waals surface area (Å²) in [5.41, 5.74) is 2.40. The first-order valence-corrected chi connectivity index (χ1v) is 7.99. The number of ether oxygens (including phenoxy) is 4. The lowest BCUT2D eigenvalue weighted by molar-refractivity contribution is 0.390. The number of fused-ring (bicyclic) bond motifs is 1. The monoisotopic (exact) mass is 330 g/mol. The molecule has 0 fully saturated rings. The smallest absolute Gasteiger partial charge is 0.134 e. The van der Waals surface area contributed by atoms with E-state index in [4.69, 9.17) is 18.9 Å². The maximum Gasteiger partial charge on any atom is 0.134 e. The zero-order chi connectivity index (χ0) is 17.7. The van der Waals surface area contributed by atoms with E-state index < -0.39 is 0 Å². The predicted molar refractivity (Wildman–Crippen MR) is 97.9 cm³/mol. The van der Waals surface area contributed by atoms with Crippen LogP contribution in [-0.4, -0.2) is 28.4 Å². The zero-order valence-corrected chi connectivity index (χ0v) is 15.4. The standard InChI is InChI=1S/C20H26O4/c1-13(2)8-7-9-14-12-17(23-5)18-15(21-3)10-11-16(22-4)19(18)20(14)24-6/h8,10-12H,7,9H2,1-6H3. The van der Waals surface area contributed by atoms with Gasteiger partial charge in [-0.15, -0.1) is 0 Å². The van der Waals surface area contributed by atoms with Gasteiger partial charge in [0.2, 0.25) is 0 Å². The fraction of sp³-hybridized carbons (Fsp3) is 0.400. The van der Waals surface area contributed by atoms with Gasteiger partial charge in [-0.25, -0.2) is 0 Å². The average Bonchev–Trinajstić information content (AvgIpc) is 2.59. The van der Waals surface area contributed by atoms with Gasteiger partial charge in [0.1, 0.15) is 23.0 Å². The van der Waals surface area contributed by atoms with Crippen molar-refractivity contribution < 1.29 is 18.9 Å². The van der Waals surface area contributed by atoms with Gasteiger partial charge < -0.3 is 18.9 Å². The minimum Gasteiger partial charge on any atom is -0.496 e. The maximum atomic E-state index is 5.75. The van der Waals surface area contributed by atoms with Crippen LogP contribution in [0.4, 0.5) is 0 Å². The van der Waals surface area contributed by atoms with Crippen molar-refractivity contribution >= 4 is 10.8 Å². The summed E-state index contributed by atoms with van der Waals surface area (Å²) in [6.07, 6.45) is 4.03. The molecule has 0 atom stereocenters. The molecular formula is C20H26O4. The molecule has 0 saturated carbocycles. The number of hydrogen-bond donors (Lipinski definition) is 0. The second kappa shape index (κ2) is 7.95. The van der Waals surface area contributed by atoms with Crippen LogP contribution >= 0.6 is 0 Å². The van der Waals surface area contributed by atoms with Gasteiger partial charge in [0.25, 0.3) is 0 Å². The number of aryl methyl sites for hydroxylation is 1. The van der Waals surface area contributed by atoms with Gasteiger partial charge in [-0.05, 0) is 50.5 Å². The topological polar surface area (TPSA) is 36.9 Å². The Kier molecular flexibility index (Phi) is 5.96. The molecule has 0 bridgehead atoms. The minimum atomic E-state index is 0.733. The highest BCUT2D eigenvalue weighted by atomic mass is 16.5. The van der Waals surface area contributed by atoms with Gasteiger partial charge in [0, 0.05) is 0 Å². The van der Waals surface area contributed by atoms with E-state index in [0.29, 0.717) is 0 Å². The highest BCUT2D eigenvalue weighted by Crippen LogP contribution is 2.46. The zero-order valence-electron chi connectivity index (χ0n) is 15.4. The maximum absolute atomic E-state index is 5.75. The molecular weight excluding hydrogens is 304 g/mol. The average molecular weight is 330 g/mol. The highest BCUT2D eigenvalue weighted by molar-refractivity contribution is 6.03. The number of methoxy groups -OCH3 is 4. The molecule has 2 rings (SSSR count). The van der Waals surface area contributed by atoms with Crippen molar-refractivity contribution in [3.8, 4) is 23.0 Å². The molecule has 0 aliphatic carbocycles. The summed E-state index contributed by atoms with van der Waals surface area (Å²) >= 11 is 0. The van der Waals surface area contributed by atoms with Crippen molar-refractivity contribution in [1.29, 1.82) is 0 Å². The van der Waals surface area contributed by atoms with Crippen molar-refractivity contribution in [3.63, 3.8) is 0 Å². The Bertz CT molecular complexity index is 743. The molecule has 0 N–H and O–H groups in total. The minimum absolute atomic E-state index is 0.733. The SMILES string of the molecule is COc1ccc(OC)c2c(OC)c(CCC=C(C)C)cc(OC)c12. The van der Waals surface area contributed by atoms with Gasteiger partial charge in [0.05, 0.1) is 39.2 Å². The van der Waals surface area contributed by atoms with Crippen LogP contribution in [-0.2, 0) is 6.42 Å². The molecule has 130 valence electrons. The second-order valence-corrected chi connectivity index (χ2v) is 5.81.